The standard InChI is InChI=1S/C17H26N2O/c1-16(2,3)14-9-15(19(11-14)17(4,5)6)8-7-13-10-18-20-12-13/h10,12,14-15H,9,11H2,1-6H3/t14?,15-/m1/s1. The van der Waals surface area contributed by atoms with Crippen LogP contribution in [-0.4, -0.2) is 28.2 Å². The Morgan fingerprint density at radius 2 is 1.95 bits per heavy atom. The van der Waals surface area contributed by atoms with Crippen LogP contribution in [0.25, 0.3) is 0 Å². The zero-order valence-corrected chi connectivity index (χ0v) is 13.5. The first kappa shape index (κ1) is 15.1. The fourth-order valence-corrected chi connectivity index (χ4v) is 2.77. The zero-order chi connectivity index (χ0) is 15.0. The molecule has 0 saturated carbocycles. The smallest absolute Gasteiger partial charge is 0.139 e. The molecule has 3 nitrogen and oxygen atoms in total. The summed E-state index contributed by atoms with van der Waals surface area (Å²) in [6.45, 7) is 14.9. The average Bonchev–Trinajstić information content (AvgIpc) is 2.93. The van der Waals surface area contributed by atoms with E-state index in [1.54, 1.807) is 12.5 Å². The van der Waals surface area contributed by atoms with Gasteiger partial charge in [0.25, 0.3) is 0 Å². The summed E-state index contributed by atoms with van der Waals surface area (Å²) >= 11 is 0. The summed E-state index contributed by atoms with van der Waals surface area (Å²) in [7, 11) is 0. The number of likely N-dealkylation sites (tertiary alicyclic amines) is 1. The molecule has 2 heterocycles. The summed E-state index contributed by atoms with van der Waals surface area (Å²) in [4.78, 5) is 2.53. The van der Waals surface area contributed by atoms with Gasteiger partial charge in [-0.3, -0.25) is 4.90 Å². The molecule has 0 aliphatic carbocycles. The van der Waals surface area contributed by atoms with Crippen molar-refractivity contribution in [2.45, 2.75) is 59.5 Å². The summed E-state index contributed by atoms with van der Waals surface area (Å²) in [5, 5.41) is 3.70. The van der Waals surface area contributed by atoms with E-state index >= 15 is 0 Å². The summed E-state index contributed by atoms with van der Waals surface area (Å²) in [6, 6.07) is 0.314. The molecule has 0 spiro atoms. The largest absolute Gasteiger partial charge is 0.363 e. The third-order valence-corrected chi connectivity index (χ3v) is 4.20. The van der Waals surface area contributed by atoms with E-state index in [2.05, 4.69) is 63.4 Å². The molecule has 0 radical (unpaired) electrons. The van der Waals surface area contributed by atoms with Gasteiger partial charge in [-0.15, -0.1) is 0 Å². The number of hydrogen-bond donors (Lipinski definition) is 0. The summed E-state index contributed by atoms with van der Waals surface area (Å²) < 4.78 is 4.83. The molecule has 2 atom stereocenters. The van der Waals surface area contributed by atoms with Crippen molar-refractivity contribution in [1.29, 1.82) is 0 Å². The predicted octanol–water partition coefficient (Wildman–Crippen LogP) is 3.56. The molecule has 0 bridgehead atoms. The molecular weight excluding hydrogens is 248 g/mol. The Hall–Kier alpha value is -1.27. The van der Waals surface area contributed by atoms with E-state index in [9.17, 15) is 0 Å². The molecule has 1 saturated heterocycles. The molecule has 2 rings (SSSR count). The lowest BCUT2D eigenvalue weighted by Gasteiger charge is -2.35. The highest BCUT2D eigenvalue weighted by atomic mass is 16.5. The fourth-order valence-electron chi connectivity index (χ4n) is 2.77. The fraction of sp³-hybridized carbons (Fsp3) is 0.706. The van der Waals surface area contributed by atoms with Crippen LogP contribution in [0, 0.1) is 23.2 Å². The first-order valence-corrected chi connectivity index (χ1v) is 7.35. The van der Waals surface area contributed by atoms with E-state index in [0.29, 0.717) is 17.4 Å². The Morgan fingerprint density at radius 3 is 2.45 bits per heavy atom. The summed E-state index contributed by atoms with van der Waals surface area (Å²) in [5.41, 5.74) is 1.34. The SMILES string of the molecule is CC(C)(C)C1C[C@@H](C#Cc2cnoc2)N(C(C)(C)C)C1. The van der Waals surface area contributed by atoms with E-state index < -0.39 is 0 Å². The molecule has 1 aromatic heterocycles. The second-order valence-electron chi connectivity index (χ2n) is 7.82. The van der Waals surface area contributed by atoms with E-state index in [1.807, 2.05) is 0 Å². The van der Waals surface area contributed by atoms with Crippen molar-refractivity contribution in [1.82, 2.24) is 10.1 Å². The van der Waals surface area contributed by atoms with Crippen LogP contribution in [0.2, 0.25) is 0 Å². The van der Waals surface area contributed by atoms with Gasteiger partial charge in [-0.2, -0.15) is 0 Å². The molecule has 1 aliphatic rings. The van der Waals surface area contributed by atoms with Crippen LogP contribution in [0.5, 0.6) is 0 Å². The molecule has 3 heteroatoms. The van der Waals surface area contributed by atoms with Crippen molar-refractivity contribution in [3.8, 4) is 11.8 Å². The van der Waals surface area contributed by atoms with E-state index in [1.165, 1.54) is 0 Å². The zero-order valence-electron chi connectivity index (χ0n) is 13.5. The molecule has 0 N–H and O–H groups in total. The van der Waals surface area contributed by atoms with Gasteiger partial charge in [-0.05, 0) is 38.5 Å². The second kappa shape index (κ2) is 5.26. The number of aromatic nitrogens is 1. The Labute approximate surface area is 122 Å². The lowest BCUT2D eigenvalue weighted by atomic mass is 9.79. The number of hydrogen-bond acceptors (Lipinski definition) is 3. The summed E-state index contributed by atoms with van der Waals surface area (Å²) in [5.74, 6) is 7.30. The Kier molecular flexibility index (Phi) is 3.97. The quantitative estimate of drug-likeness (QED) is 0.677. The molecule has 0 aromatic carbocycles. The lowest BCUT2D eigenvalue weighted by Crippen LogP contribution is -2.44. The molecule has 1 aromatic rings. The highest BCUT2D eigenvalue weighted by molar-refractivity contribution is 5.31. The molecular formula is C17H26N2O. The van der Waals surface area contributed by atoms with Crippen molar-refractivity contribution in [3.05, 3.63) is 18.0 Å². The van der Waals surface area contributed by atoms with Crippen molar-refractivity contribution in [2.75, 3.05) is 6.54 Å². The Balaban J connectivity index is 2.20. The Morgan fingerprint density at radius 1 is 1.25 bits per heavy atom. The number of nitrogens with zero attached hydrogens (tertiary/aromatic N) is 2. The van der Waals surface area contributed by atoms with Crippen molar-refractivity contribution in [3.63, 3.8) is 0 Å². The minimum Gasteiger partial charge on any atom is -0.363 e. The molecule has 20 heavy (non-hydrogen) atoms. The van der Waals surface area contributed by atoms with Gasteiger partial charge in [0.2, 0.25) is 0 Å². The molecule has 1 unspecified atom stereocenters. The third-order valence-electron chi connectivity index (χ3n) is 4.20. The maximum absolute atomic E-state index is 4.83. The van der Waals surface area contributed by atoms with Crippen molar-refractivity contribution >= 4 is 0 Å². The molecule has 1 fully saturated rings. The van der Waals surface area contributed by atoms with Crippen LogP contribution in [0.4, 0.5) is 0 Å². The van der Waals surface area contributed by atoms with Crippen LogP contribution in [0.15, 0.2) is 17.0 Å². The van der Waals surface area contributed by atoms with Gasteiger partial charge in [-0.25, -0.2) is 0 Å². The van der Waals surface area contributed by atoms with Gasteiger partial charge in [0.05, 0.1) is 17.8 Å². The van der Waals surface area contributed by atoms with Crippen LogP contribution in [-0.2, 0) is 0 Å². The first-order chi connectivity index (χ1) is 9.18. The van der Waals surface area contributed by atoms with E-state index in [0.717, 1.165) is 18.5 Å². The van der Waals surface area contributed by atoms with E-state index in [-0.39, 0.29) is 5.54 Å². The first-order valence-electron chi connectivity index (χ1n) is 7.35. The minimum absolute atomic E-state index is 0.147. The van der Waals surface area contributed by atoms with Gasteiger partial charge >= 0.3 is 0 Å². The van der Waals surface area contributed by atoms with Crippen LogP contribution < -0.4 is 0 Å². The van der Waals surface area contributed by atoms with Gasteiger partial charge < -0.3 is 4.52 Å². The molecule has 110 valence electrons. The van der Waals surface area contributed by atoms with Crippen LogP contribution >= 0.6 is 0 Å². The minimum atomic E-state index is 0.147. The predicted molar refractivity (Wildman–Crippen MR) is 81.2 cm³/mol. The van der Waals surface area contributed by atoms with Gasteiger partial charge in [0.1, 0.15) is 6.26 Å². The van der Waals surface area contributed by atoms with Gasteiger partial charge in [-0.1, -0.05) is 37.8 Å². The van der Waals surface area contributed by atoms with Gasteiger partial charge in [0.15, 0.2) is 0 Å². The Bertz CT molecular complexity index is 494. The van der Waals surface area contributed by atoms with Crippen LogP contribution in [0.1, 0.15) is 53.5 Å². The number of rotatable bonds is 0. The molecule has 1 aliphatic heterocycles. The maximum Gasteiger partial charge on any atom is 0.139 e. The lowest BCUT2D eigenvalue weighted by molar-refractivity contribution is 0.130. The highest BCUT2D eigenvalue weighted by Gasteiger charge is 2.41. The van der Waals surface area contributed by atoms with Crippen molar-refractivity contribution < 1.29 is 4.52 Å². The van der Waals surface area contributed by atoms with Crippen molar-refractivity contribution in [2.24, 2.45) is 11.3 Å². The van der Waals surface area contributed by atoms with Crippen LogP contribution in [0.3, 0.4) is 0 Å². The maximum atomic E-state index is 4.83. The topological polar surface area (TPSA) is 29.3 Å². The average molecular weight is 274 g/mol. The molecule has 0 amide bonds. The normalized spacial score (nSPS) is 24.5. The monoisotopic (exact) mass is 274 g/mol. The van der Waals surface area contributed by atoms with E-state index in [4.69, 9.17) is 4.52 Å². The second-order valence-corrected chi connectivity index (χ2v) is 7.82. The highest BCUT2D eigenvalue weighted by Crippen LogP contribution is 2.39. The summed E-state index contributed by atoms with van der Waals surface area (Å²) in [6.07, 6.45) is 4.41. The van der Waals surface area contributed by atoms with Gasteiger partial charge in [0, 0.05) is 12.1 Å². The third kappa shape index (κ3) is 3.43.